The number of benzene rings is 2. The van der Waals surface area contributed by atoms with Gasteiger partial charge in [0.1, 0.15) is 0 Å². The Kier molecular flexibility index (Phi) is 5.44. The number of hydrogen-bond donors (Lipinski definition) is 1. The standard InChI is InChI=1S/C9H12.C7H8O/c1-7-4-8(2)6-9(3)5-7;8-6-7-4-2-1-3-5-7/h4-6H,1-3H3;1-5,8H,6H2. The van der Waals surface area contributed by atoms with Crippen molar-refractivity contribution in [3.8, 4) is 0 Å². The van der Waals surface area contributed by atoms with Gasteiger partial charge in [-0.05, 0) is 26.3 Å². The molecule has 0 radical (unpaired) electrons. The van der Waals surface area contributed by atoms with Crippen LogP contribution >= 0.6 is 0 Å². The third-order valence-corrected chi connectivity index (χ3v) is 2.39. The molecule has 1 N–H and O–H groups in total. The molecule has 0 aromatic heterocycles. The van der Waals surface area contributed by atoms with Crippen LogP contribution in [0.2, 0.25) is 0 Å². The predicted octanol–water partition coefficient (Wildman–Crippen LogP) is 3.79. The second-order valence-corrected chi connectivity index (χ2v) is 4.31. The van der Waals surface area contributed by atoms with Crippen molar-refractivity contribution >= 4 is 0 Å². The summed E-state index contributed by atoms with van der Waals surface area (Å²) >= 11 is 0. The quantitative estimate of drug-likeness (QED) is 0.787. The Morgan fingerprint density at radius 3 is 1.47 bits per heavy atom. The summed E-state index contributed by atoms with van der Waals surface area (Å²) in [5.41, 5.74) is 5.03. The predicted molar refractivity (Wildman–Crippen MR) is 73.0 cm³/mol. The molecule has 0 fully saturated rings. The largest absolute Gasteiger partial charge is 0.392 e. The molecular formula is C16H20O. The number of aryl methyl sites for hydroxylation is 3. The lowest BCUT2D eigenvalue weighted by Gasteiger charge is -1.96. The van der Waals surface area contributed by atoms with Crippen molar-refractivity contribution < 1.29 is 5.11 Å². The van der Waals surface area contributed by atoms with Crippen LogP contribution in [0.15, 0.2) is 48.5 Å². The van der Waals surface area contributed by atoms with Gasteiger partial charge in [-0.1, -0.05) is 65.2 Å². The molecular weight excluding hydrogens is 208 g/mol. The highest BCUT2D eigenvalue weighted by Gasteiger charge is 1.87. The molecule has 0 aliphatic heterocycles. The van der Waals surface area contributed by atoms with E-state index in [4.69, 9.17) is 5.11 Å². The normalized spacial score (nSPS) is 9.41. The fourth-order valence-corrected chi connectivity index (χ4v) is 1.79. The van der Waals surface area contributed by atoms with Crippen LogP contribution in [0.4, 0.5) is 0 Å². The van der Waals surface area contributed by atoms with Crippen molar-refractivity contribution in [1.29, 1.82) is 0 Å². The van der Waals surface area contributed by atoms with Gasteiger partial charge in [0.05, 0.1) is 6.61 Å². The summed E-state index contributed by atoms with van der Waals surface area (Å²) in [6.45, 7) is 6.51. The van der Waals surface area contributed by atoms with Crippen LogP contribution in [-0.2, 0) is 6.61 Å². The first kappa shape index (κ1) is 13.5. The fourth-order valence-electron chi connectivity index (χ4n) is 1.79. The molecule has 0 saturated heterocycles. The SMILES string of the molecule is Cc1cc(C)cc(C)c1.OCc1ccccc1. The zero-order valence-corrected chi connectivity index (χ0v) is 10.8. The van der Waals surface area contributed by atoms with Gasteiger partial charge >= 0.3 is 0 Å². The van der Waals surface area contributed by atoms with E-state index in [2.05, 4.69) is 39.0 Å². The minimum atomic E-state index is 0.140. The van der Waals surface area contributed by atoms with Gasteiger partial charge in [-0.2, -0.15) is 0 Å². The van der Waals surface area contributed by atoms with Gasteiger partial charge in [0.2, 0.25) is 0 Å². The van der Waals surface area contributed by atoms with Crippen LogP contribution in [0.1, 0.15) is 22.3 Å². The van der Waals surface area contributed by atoms with Gasteiger partial charge in [-0.25, -0.2) is 0 Å². The molecule has 1 nitrogen and oxygen atoms in total. The van der Waals surface area contributed by atoms with Crippen molar-refractivity contribution in [1.82, 2.24) is 0 Å². The number of hydrogen-bond acceptors (Lipinski definition) is 1. The molecule has 0 atom stereocenters. The topological polar surface area (TPSA) is 20.2 Å². The summed E-state index contributed by atoms with van der Waals surface area (Å²) in [5.74, 6) is 0. The van der Waals surface area contributed by atoms with Crippen LogP contribution in [0, 0.1) is 20.8 Å². The van der Waals surface area contributed by atoms with E-state index < -0.39 is 0 Å². The summed E-state index contributed by atoms with van der Waals surface area (Å²) < 4.78 is 0. The van der Waals surface area contributed by atoms with Gasteiger partial charge < -0.3 is 5.11 Å². The molecule has 0 spiro atoms. The molecule has 0 bridgehead atoms. The van der Waals surface area contributed by atoms with Crippen molar-refractivity contribution in [2.75, 3.05) is 0 Å². The summed E-state index contributed by atoms with van der Waals surface area (Å²) in [6.07, 6.45) is 0. The minimum Gasteiger partial charge on any atom is -0.392 e. The number of aliphatic hydroxyl groups is 1. The van der Waals surface area contributed by atoms with Crippen LogP contribution in [0.3, 0.4) is 0 Å². The molecule has 1 heteroatoms. The van der Waals surface area contributed by atoms with Gasteiger partial charge in [0.25, 0.3) is 0 Å². The third-order valence-electron chi connectivity index (χ3n) is 2.39. The number of aliphatic hydroxyl groups excluding tert-OH is 1. The minimum absolute atomic E-state index is 0.140. The molecule has 0 amide bonds. The van der Waals surface area contributed by atoms with E-state index in [1.54, 1.807) is 0 Å². The molecule has 0 aliphatic carbocycles. The Balaban J connectivity index is 0.000000171. The first-order valence-corrected chi connectivity index (χ1v) is 5.81. The molecule has 0 unspecified atom stereocenters. The zero-order chi connectivity index (χ0) is 12.7. The van der Waals surface area contributed by atoms with Gasteiger partial charge in [0, 0.05) is 0 Å². The average molecular weight is 228 g/mol. The van der Waals surface area contributed by atoms with Crippen LogP contribution in [0.5, 0.6) is 0 Å². The molecule has 0 saturated carbocycles. The number of rotatable bonds is 1. The highest BCUT2D eigenvalue weighted by molar-refractivity contribution is 5.27. The Labute approximate surface area is 104 Å². The maximum atomic E-state index is 8.54. The monoisotopic (exact) mass is 228 g/mol. The van der Waals surface area contributed by atoms with E-state index in [9.17, 15) is 0 Å². The fraction of sp³-hybridized carbons (Fsp3) is 0.250. The van der Waals surface area contributed by atoms with E-state index in [-0.39, 0.29) is 6.61 Å². The van der Waals surface area contributed by atoms with E-state index in [0.29, 0.717) is 0 Å². The molecule has 0 aliphatic rings. The molecule has 90 valence electrons. The van der Waals surface area contributed by atoms with Crippen molar-refractivity contribution in [3.05, 3.63) is 70.8 Å². The van der Waals surface area contributed by atoms with Gasteiger partial charge in [-0.3, -0.25) is 0 Å². The van der Waals surface area contributed by atoms with Crippen molar-refractivity contribution in [2.24, 2.45) is 0 Å². The zero-order valence-electron chi connectivity index (χ0n) is 10.8. The Morgan fingerprint density at radius 2 is 1.18 bits per heavy atom. The van der Waals surface area contributed by atoms with E-state index in [1.165, 1.54) is 16.7 Å². The van der Waals surface area contributed by atoms with Crippen LogP contribution in [0.25, 0.3) is 0 Å². The van der Waals surface area contributed by atoms with Crippen molar-refractivity contribution in [3.63, 3.8) is 0 Å². The maximum absolute atomic E-state index is 8.54. The van der Waals surface area contributed by atoms with Gasteiger partial charge in [0.15, 0.2) is 0 Å². The van der Waals surface area contributed by atoms with Crippen LogP contribution < -0.4 is 0 Å². The summed E-state index contributed by atoms with van der Waals surface area (Å²) in [5, 5.41) is 8.54. The van der Waals surface area contributed by atoms with Gasteiger partial charge in [-0.15, -0.1) is 0 Å². The Bertz CT molecular complexity index is 396. The molecule has 0 heterocycles. The lowest BCUT2D eigenvalue weighted by Crippen LogP contribution is -1.78. The lowest BCUT2D eigenvalue weighted by molar-refractivity contribution is 0.282. The molecule has 2 aromatic carbocycles. The van der Waals surface area contributed by atoms with E-state index in [1.807, 2.05) is 30.3 Å². The van der Waals surface area contributed by atoms with E-state index in [0.717, 1.165) is 5.56 Å². The van der Waals surface area contributed by atoms with Crippen molar-refractivity contribution in [2.45, 2.75) is 27.4 Å². The molecule has 2 rings (SSSR count). The Hall–Kier alpha value is -1.60. The van der Waals surface area contributed by atoms with Crippen LogP contribution in [-0.4, -0.2) is 5.11 Å². The third kappa shape index (κ3) is 5.32. The maximum Gasteiger partial charge on any atom is 0.0681 e. The average Bonchev–Trinajstić information content (AvgIpc) is 2.29. The lowest BCUT2D eigenvalue weighted by atomic mass is 10.1. The summed E-state index contributed by atoms with van der Waals surface area (Å²) in [6, 6.07) is 16.1. The molecule has 2 aromatic rings. The summed E-state index contributed by atoms with van der Waals surface area (Å²) in [7, 11) is 0. The smallest absolute Gasteiger partial charge is 0.0681 e. The molecule has 17 heavy (non-hydrogen) atoms. The second-order valence-electron chi connectivity index (χ2n) is 4.31. The first-order chi connectivity index (χ1) is 8.11. The van der Waals surface area contributed by atoms with E-state index >= 15 is 0 Å². The summed E-state index contributed by atoms with van der Waals surface area (Å²) in [4.78, 5) is 0. The second kappa shape index (κ2) is 6.87. The first-order valence-electron chi connectivity index (χ1n) is 5.81. The highest BCUT2D eigenvalue weighted by atomic mass is 16.3. The highest BCUT2D eigenvalue weighted by Crippen LogP contribution is 2.06. The Morgan fingerprint density at radius 1 is 0.765 bits per heavy atom.